The first-order valence-electron chi connectivity index (χ1n) is 7.26. The minimum atomic E-state index is -0.476. The van der Waals surface area contributed by atoms with Crippen LogP contribution in [0.5, 0.6) is 5.75 Å². The van der Waals surface area contributed by atoms with E-state index in [4.69, 9.17) is 10.5 Å². The van der Waals surface area contributed by atoms with E-state index in [9.17, 15) is 4.79 Å². The van der Waals surface area contributed by atoms with Gasteiger partial charge in [0.25, 0.3) is 0 Å². The van der Waals surface area contributed by atoms with Crippen molar-refractivity contribution in [2.45, 2.75) is 6.61 Å². The van der Waals surface area contributed by atoms with Crippen LogP contribution >= 0.6 is 0 Å². The van der Waals surface area contributed by atoms with Crippen LogP contribution in [-0.4, -0.2) is 10.9 Å². The van der Waals surface area contributed by atoms with Crippen molar-refractivity contribution in [2.24, 2.45) is 5.73 Å². The molecule has 0 fully saturated rings. The summed E-state index contributed by atoms with van der Waals surface area (Å²) in [5.74, 6) is 0.238. The number of carbonyl (C=O) groups excluding carboxylic acids is 1. The third kappa shape index (κ3) is 3.55. The largest absolute Gasteiger partial charge is 0.488 e. The average Bonchev–Trinajstić information content (AvgIpc) is 2.61. The molecule has 0 bridgehead atoms. The summed E-state index contributed by atoms with van der Waals surface area (Å²) < 4.78 is 5.92. The normalized spacial score (nSPS) is 10.3. The second-order valence-electron chi connectivity index (χ2n) is 5.06. The highest BCUT2D eigenvalue weighted by atomic mass is 16.5. The summed E-state index contributed by atoms with van der Waals surface area (Å²) in [6.45, 7) is 0.466. The summed E-state index contributed by atoms with van der Waals surface area (Å²) in [6, 6.07) is 20.8. The molecule has 0 aliphatic carbocycles. The van der Waals surface area contributed by atoms with E-state index in [0.29, 0.717) is 23.6 Å². The summed E-state index contributed by atoms with van der Waals surface area (Å²) in [5, 5.41) is 0. The second kappa shape index (κ2) is 6.75. The standard InChI is InChI=1S/C19H16N2O2/c20-19(22)15-10-11-21-17(12-15)16-8-4-5-9-18(16)23-13-14-6-2-1-3-7-14/h1-12H,13H2,(H2,20,22). The Morgan fingerprint density at radius 1 is 1.00 bits per heavy atom. The molecule has 4 heteroatoms. The number of nitrogens with zero attached hydrogens (tertiary/aromatic N) is 1. The molecule has 1 aromatic heterocycles. The third-order valence-corrected chi connectivity index (χ3v) is 3.44. The van der Waals surface area contributed by atoms with Crippen molar-refractivity contribution >= 4 is 5.91 Å². The number of para-hydroxylation sites is 1. The highest BCUT2D eigenvalue weighted by molar-refractivity contribution is 5.93. The first-order valence-corrected chi connectivity index (χ1v) is 7.26. The molecule has 0 aliphatic heterocycles. The molecule has 2 N–H and O–H groups in total. The number of primary amides is 1. The van der Waals surface area contributed by atoms with Gasteiger partial charge in [-0.25, -0.2) is 0 Å². The van der Waals surface area contributed by atoms with Gasteiger partial charge in [-0.1, -0.05) is 42.5 Å². The van der Waals surface area contributed by atoms with Crippen LogP contribution in [0.2, 0.25) is 0 Å². The molecule has 3 aromatic rings. The maximum absolute atomic E-state index is 11.3. The Balaban J connectivity index is 1.89. The molecule has 114 valence electrons. The summed E-state index contributed by atoms with van der Waals surface area (Å²) in [5.41, 5.74) is 8.33. The highest BCUT2D eigenvalue weighted by Crippen LogP contribution is 2.29. The number of ether oxygens (including phenoxy) is 1. The van der Waals surface area contributed by atoms with Crippen LogP contribution in [0.3, 0.4) is 0 Å². The lowest BCUT2D eigenvalue weighted by atomic mass is 10.1. The lowest BCUT2D eigenvalue weighted by Gasteiger charge is -2.11. The highest BCUT2D eigenvalue weighted by Gasteiger charge is 2.09. The summed E-state index contributed by atoms with van der Waals surface area (Å²) >= 11 is 0. The van der Waals surface area contributed by atoms with Crippen LogP contribution < -0.4 is 10.5 Å². The molecule has 0 spiro atoms. The van der Waals surface area contributed by atoms with Crippen molar-refractivity contribution in [3.05, 3.63) is 84.1 Å². The number of benzene rings is 2. The first-order chi connectivity index (χ1) is 11.2. The van der Waals surface area contributed by atoms with E-state index in [2.05, 4.69) is 4.98 Å². The molecule has 3 rings (SSSR count). The van der Waals surface area contributed by atoms with Gasteiger partial charge < -0.3 is 10.5 Å². The van der Waals surface area contributed by atoms with E-state index in [1.807, 2.05) is 54.6 Å². The van der Waals surface area contributed by atoms with Gasteiger partial charge in [-0.3, -0.25) is 9.78 Å². The predicted octanol–water partition coefficient (Wildman–Crippen LogP) is 3.43. The van der Waals surface area contributed by atoms with E-state index in [1.165, 1.54) is 0 Å². The number of carbonyl (C=O) groups is 1. The number of pyridine rings is 1. The zero-order chi connectivity index (χ0) is 16.1. The summed E-state index contributed by atoms with van der Waals surface area (Å²) in [6.07, 6.45) is 1.57. The van der Waals surface area contributed by atoms with Gasteiger partial charge in [-0.05, 0) is 29.8 Å². The Kier molecular flexibility index (Phi) is 4.34. The molecular formula is C19H16N2O2. The lowest BCUT2D eigenvalue weighted by molar-refractivity contribution is 0.1000. The molecule has 1 amide bonds. The van der Waals surface area contributed by atoms with Crippen LogP contribution in [0.25, 0.3) is 11.3 Å². The lowest BCUT2D eigenvalue weighted by Crippen LogP contribution is -2.11. The number of rotatable bonds is 5. The van der Waals surface area contributed by atoms with Crippen molar-refractivity contribution in [3.8, 4) is 17.0 Å². The minimum absolute atomic E-state index is 0.424. The van der Waals surface area contributed by atoms with Crippen molar-refractivity contribution in [1.82, 2.24) is 4.98 Å². The maximum Gasteiger partial charge on any atom is 0.248 e. The van der Waals surface area contributed by atoms with Crippen LogP contribution in [0, 0.1) is 0 Å². The average molecular weight is 304 g/mol. The van der Waals surface area contributed by atoms with Crippen LogP contribution in [-0.2, 0) is 6.61 Å². The van der Waals surface area contributed by atoms with E-state index < -0.39 is 5.91 Å². The van der Waals surface area contributed by atoms with Gasteiger partial charge in [0.1, 0.15) is 12.4 Å². The van der Waals surface area contributed by atoms with Gasteiger partial charge >= 0.3 is 0 Å². The number of hydrogen-bond acceptors (Lipinski definition) is 3. The van der Waals surface area contributed by atoms with Crippen molar-refractivity contribution in [2.75, 3.05) is 0 Å². The van der Waals surface area contributed by atoms with Gasteiger partial charge in [-0.15, -0.1) is 0 Å². The molecule has 0 unspecified atom stereocenters. The van der Waals surface area contributed by atoms with Gasteiger partial charge in [0.15, 0.2) is 0 Å². The topological polar surface area (TPSA) is 65.2 Å². The molecule has 0 aliphatic rings. The summed E-state index contributed by atoms with van der Waals surface area (Å²) in [4.78, 5) is 15.7. The van der Waals surface area contributed by atoms with E-state index >= 15 is 0 Å². The molecule has 2 aromatic carbocycles. The monoisotopic (exact) mass is 304 g/mol. The molecular weight excluding hydrogens is 288 g/mol. The van der Waals surface area contributed by atoms with E-state index in [0.717, 1.165) is 11.1 Å². The van der Waals surface area contributed by atoms with Crippen LogP contribution in [0.4, 0.5) is 0 Å². The second-order valence-corrected chi connectivity index (χ2v) is 5.06. The Morgan fingerprint density at radius 2 is 1.74 bits per heavy atom. The Hall–Kier alpha value is -3.14. The van der Waals surface area contributed by atoms with E-state index in [1.54, 1.807) is 18.3 Å². The zero-order valence-corrected chi connectivity index (χ0v) is 12.5. The number of nitrogens with two attached hydrogens (primary N) is 1. The van der Waals surface area contributed by atoms with Crippen LogP contribution in [0.15, 0.2) is 72.9 Å². The SMILES string of the molecule is NC(=O)c1ccnc(-c2ccccc2OCc2ccccc2)c1. The van der Waals surface area contributed by atoms with Crippen molar-refractivity contribution < 1.29 is 9.53 Å². The maximum atomic E-state index is 11.3. The van der Waals surface area contributed by atoms with Gasteiger partial charge in [0.2, 0.25) is 5.91 Å². The van der Waals surface area contributed by atoms with Crippen LogP contribution in [0.1, 0.15) is 15.9 Å². The molecule has 0 atom stereocenters. The summed E-state index contributed by atoms with van der Waals surface area (Å²) in [7, 11) is 0. The fraction of sp³-hybridized carbons (Fsp3) is 0.0526. The Labute approximate surface area is 134 Å². The quantitative estimate of drug-likeness (QED) is 0.785. The zero-order valence-electron chi connectivity index (χ0n) is 12.5. The number of amides is 1. The predicted molar refractivity (Wildman–Crippen MR) is 89.0 cm³/mol. The number of hydrogen-bond donors (Lipinski definition) is 1. The van der Waals surface area contributed by atoms with Gasteiger partial charge in [0.05, 0.1) is 5.69 Å². The molecule has 0 saturated heterocycles. The molecule has 0 radical (unpaired) electrons. The van der Waals surface area contributed by atoms with Gasteiger partial charge in [0, 0.05) is 17.3 Å². The molecule has 23 heavy (non-hydrogen) atoms. The fourth-order valence-corrected chi connectivity index (χ4v) is 2.27. The Bertz CT molecular complexity index is 816. The smallest absolute Gasteiger partial charge is 0.248 e. The van der Waals surface area contributed by atoms with Gasteiger partial charge in [-0.2, -0.15) is 0 Å². The van der Waals surface area contributed by atoms with Crippen molar-refractivity contribution in [1.29, 1.82) is 0 Å². The first kappa shape index (κ1) is 14.8. The molecule has 0 saturated carbocycles. The Morgan fingerprint density at radius 3 is 2.52 bits per heavy atom. The fourth-order valence-electron chi connectivity index (χ4n) is 2.27. The molecule has 1 heterocycles. The third-order valence-electron chi connectivity index (χ3n) is 3.44. The van der Waals surface area contributed by atoms with Crippen molar-refractivity contribution in [3.63, 3.8) is 0 Å². The van der Waals surface area contributed by atoms with E-state index in [-0.39, 0.29) is 0 Å². The molecule has 4 nitrogen and oxygen atoms in total. The number of aromatic nitrogens is 1. The minimum Gasteiger partial charge on any atom is -0.488 e.